The van der Waals surface area contributed by atoms with Crippen molar-refractivity contribution in [1.29, 1.82) is 0 Å². The fourth-order valence-electron chi connectivity index (χ4n) is 1.93. The maximum absolute atomic E-state index is 12.1. The van der Waals surface area contributed by atoms with E-state index in [1.807, 2.05) is 0 Å². The van der Waals surface area contributed by atoms with Crippen molar-refractivity contribution in [3.8, 4) is 0 Å². The van der Waals surface area contributed by atoms with Gasteiger partial charge in [0.05, 0.1) is 6.20 Å². The predicted molar refractivity (Wildman–Crippen MR) is 75.7 cm³/mol. The quantitative estimate of drug-likeness (QED) is 0.644. The van der Waals surface area contributed by atoms with Gasteiger partial charge in [0.15, 0.2) is 9.34 Å². The first-order valence-corrected chi connectivity index (χ1v) is 8.51. The van der Waals surface area contributed by atoms with Crippen molar-refractivity contribution in [2.24, 2.45) is 5.41 Å². The second-order valence-corrected chi connectivity index (χ2v) is 7.78. The summed E-state index contributed by atoms with van der Waals surface area (Å²) in [4.78, 5) is 37.8. The van der Waals surface area contributed by atoms with Gasteiger partial charge in [-0.05, 0) is 12.8 Å². The Bertz CT molecular complexity index is 735. The second-order valence-electron chi connectivity index (χ2n) is 4.84. The number of sulfonamides is 1. The van der Waals surface area contributed by atoms with E-state index in [1.54, 1.807) is 4.72 Å². The minimum Gasteiger partial charge on any atom is -0.480 e. The fraction of sp³-hybridized carbons (Fsp3) is 0.455. The second kappa shape index (κ2) is 5.65. The van der Waals surface area contributed by atoms with Crippen LogP contribution < -0.4 is 10.0 Å². The number of thiazole rings is 1. The minimum absolute atomic E-state index is 0.0666. The van der Waals surface area contributed by atoms with Crippen LogP contribution in [-0.2, 0) is 24.4 Å². The number of nitrogens with one attached hydrogen (secondary N) is 2. The zero-order valence-corrected chi connectivity index (χ0v) is 13.1. The van der Waals surface area contributed by atoms with Gasteiger partial charge in [0.25, 0.3) is 15.9 Å². The van der Waals surface area contributed by atoms with Crippen LogP contribution in [0.25, 0.3) is 0 Å². The lowest BCUT2D eigenvalue weighted by Gasteiger charge is -2.35. The molecule has 9 nitrogen and oxygen atoms in total. The van der Waals surface area contributed by atoms with Gasteiger partial charge >= 0.3 is 5.97 Å². The molecule has 0 radical (unpaired) electrons. The lowest BCUT2D eigenvalue weighted by Crippen LogP contribution is -2.52. The Morgan fingerprint density at radius 1 is 1.36 bits per heavy atom. The number of aliphatic carboxylic acids is 1. The van der Waals surface area contributed by atoms with Crippen LogP contribution >= 0.6 is 11.3 Å². The zero-order chi connectivity index (χ0) is 16.5. The Balaban J connectivity index is 2.17. The van der Waals surface area contributed by atoms with Gasteiger partial charge in [0.2, 0.25) is 5.91 Å². The first-order valence-electron chi connectivity index (χ1n) is 6.21. The topological polar surface area (TPSA) is 143 Å². The normalized spacial score (nSPS) is 16.4. The molecule has 2 amide bonds. The van der Waals surface area contributed by atoms with E-state index in [1.165, 1.54) is 6.92 Å². The molecule has 0 spiro atoms. The van der Waals surface area contributed by atoms with Crippen molar-refractivity contribution in [3.63, 3.8) is 0 Å². The van der Waals surface area contributed by atoms with Crippen LogP contribution in [0, 0.1) is 5.41 Å². The van der Waals surface area contributed by atoms with E-state index in [9.17, 15) is 22.8 Å². The molecule has 0 atom stereocenters. The van der Waals surface area contributed by atoms with Crippen LogP contribution in [0.3, 0.4) is 0 Å². The zero-order valence-electron chi connectivity index (χ0n) is 11.5. The molecule has 1 aliphatic rings. The summed E-state index contributed by atoms with van der Waals surface area (Å²) < 4.78 is 25.7. The summed E-state index contributed by atoms with van der Waals surface area (Å²) in [5.41, 5.74) is -1.68. The van der Waals surface area contributed by atoms with E-state index in [-0.39, 0.29) is 22.2 Å². The lowest BCUT2D eigenvalue weighted by atomic mass is 9.68. The number of carbonyl (C=O) groups is 3. The molecule has 1 saturated carbocycles. The third-order valence-electron chi connectivity index (χ3n) is 3.31. The lowest BCUT2D eigenvalue weighted by molar-refractivity contribution is -0.161. The van der Waals surface area contributed by atoms with Crippen LogP contribution in [0.1, 0.15) is 26.2 Å². The maximum atomic E-state index is 12.1. The van der Waals surface area contributed by atoms with Crippen LogP contribution in [0.2, 0.25) is 0 Å². The summed E-state index contributed by atoms with van der Waals surface area (Å²) in [5, 5.41) is 11.5. The third-order valence-corrected chi connectivity index (χ3v) is 6.02. The first-order chi connectivity index (χ1) is 10.2. The molecule has 1 heterocycles. The van der Waals surface area contributed by atoms with E-state index in [0.717, 1.165) is 6.20 Å². The molecular formula is C11H13N3O6S2. The van der Waals surface area contributed by atoms with Crippen LogP contribution in [-0.4, -0.2) is 36.3 Å². The van der Waals surface area contributed by atoms with Crippen LogP contribution in [0.15, 0.2) is 10.4 Å². The van der Waals surface area contributed by atoms with Crippen molar-refractivity contribution < 1.29 is 27.9 Å². The summed E-state index contributed by atoms with van der Waals surface area (Å²) in [5.74, 6) is -2.81. The Morgan fingerprint density at radius 3 is 2.45 bits per heavy atom. The number of carbonyl (C=O) groups excluding carboxylic acids is 2. The smallest absolute Gasteiger partial charge is 0.319 e. The molecule has 2 rings (SSSR count). The number of amides is 2. The molecule has 11 heteroatoms. The van der Waals surface area contributed by atoms with Gasteiger partial charge in [-0.25, -0.2) is 18.1 Å². The van der Waals surface area contributed by atoms with Gasteiger partial charge in [0, 0.05) is 6.92 Å². The summed E-state index contributed by atoms with van der Waals surface area (Å²) in [6.45, 7) is 1.24. The third kappa shape index (κ3) is 2.95. The highest BCUT2D eigenvalue weighted by atomic mass is 32.2. The largest absolute Gasteiger partial charge is 0.480 e. The molecule has 1 aliphatic carbocycles. The summed E-state index contributed by atoms with van der Waals surface area (Å²) >= 11 is 0.662. The number of rotatable bonds is 5. The van der Waals surface area contributed by atoms with Gasteiger partial charge in [-0.3, -0.25) is 14.4 Å². The number of carboxylic acid groups (broad SMARTS) is 1. The number of anilines is 1. The van der Waals surface area contributed by atoms with Crippen molar-refractivity contribution in [2.45, 2.75) is 30.4 Å². The standard InChI is InChI=1S/C11H13N3O6S2/c1-6(15)13-10-12-5-7(21-10)22(19,20)14-8(16)11(9(17)18)3-2-4-11/h5H,2-4H2,1H3,(H,14,16)(H,17,18)(H,12,13,15). The Labute approximate surface area is 129 Å². The monoisotopic (exact) mass is 347 g/mol. The van der Waals surface area contributed by atoms with Crippen molar-refractivity contribution in [2.75, 3.05) is 5.32 Å². The maximum Gasteiger partial charge on any atom is 0.319 e. The molecular weight excluding hydrogens is 334 g/mol. The molecule has 22 heavy (non-hydrogen) atoms. The van der Waals surface area contributed by atoms with Gasteiger partial charge < -0.3 is 10.4 Å². The molecule has 120 valence electrons. The Kier molecular flexibility index (Phi) is 4.20. The van der Waals surface area contributed by atoms with Crippen molar-refractivity contribution in [1.82, 2.24) is 9.71 Å². The van der Waals surface area contributed by atoms with Crippen LogP contribution in [0.5, 0.6) is 0 Å². The molecule has 0 aromatic carbocycles. The SMILES string of the molecule is CC(=O)Nc1ncc(S(=O)(=O)NC(=O)C2(C(=O)O)CCC2)s1. The van der Waals surface area contributed by atoms with Gasteiger partial charge in [-0.1, -0.05) is 17.8 Å². The highest BCUT2D eigenvalue weighted by molar-refractivity contribution is 7.92. The fourth-order valence-corrected chi connectivity index (χ4v) is 4.06. The van der Waals surface area contributed by atoms with Crippen LogP contribution in [0.4, 0.5) is 5.13 Å². The first kappa shape index (κ1) is 16.4. The van der Waals surface area contributed by atoms with Gasteiger partial charge in [-0.15, -0.1) is 0 Å². The Hall–Kier alpha value is -2.01. The molecule has 0 unspecified atom stereocenters. The molecule has 3 N–H and O–H groups in total. The number of nitrogens with zero attached hydrogens (tertiary/aromatic N) is 1. The molecule has 0 saturated heterocycles. The number of carboxylic acids is 1. The average Bonchev–Trinajstić information content (AvgIpc) is 2.74. The van der Waals surface area contributed by atoms with Crippen molar-refractivity contribution in [3.05, 3.63) is 6.20 Å². The molecule has 0 aliphatic heterocycles. The molecule has 1 aromatic heterocycles. The molecule has 1 aromatic rings. The van der Waals surface area contributed by atoms with E-state index in [2.05, 4.69) is 10.3 Å². The van der Waals surface area contributed by atoms with E-state index >= 15 is 0 Å². The number of aromatic nitrogens is 1. The average molecular weight is 347 g/mol. The number of hydrogen-bond donors (Lipinski definition) is 3. The van der Waals surface area contributed by atoms with E-state index in [4.69, 9.17) is 5.11 Å². The molecule has 1 fully saturated rings. The summed E-state index contributed by atoms with van der Waals surface area (Å²) in [6, 6.07) is 0. The highest BCUT2D eigenvalue weighted by Crippen LogP contribution is 2.41. The van der Waals surface area contributed by atoms with Crippen molar-refractivity contribution >= 4 is 44.3 Å². The summed E-state index contributed by atoms with van der Waals surface area (Å²) in [7, 11) is -4.23. The Morgan fingerprint density at radius 2 is 2.00 bits per heavy atom. The predicted octanol–water partition coefficient (Wildman–Crippen LogP) is 0.161. The van der Waals surface area contributed by atoms with E-state index in [0.29, 0.717) is 17.8 Å². The van der Waals surface area contributed by atoms with Gasteiger partial charge in [-0.2, -0.15) is 0 Å². The molecule has 0 bridgehead atoms. The van der Waals surface area contributed by atoms with Gasteiger partial charge in [0.1, 0.15) is 5.41 Å². The van der Waals surface area contributed by atoms with E-state index < -0.39 is 33.2 Å². The minimum atomic E-state index is -4.23. The highest BCUT2D eigenvalue weighted by Gasteiger charge is 2.52. The summed E-state index contributed by atoms with van der Waals surface area (Å²) in [6.07, 6.45) is 1.74. The number of hydrogen-bond acceptors (Lipinski definition) is 7.